The van der Waals surface area contributed by atoms with Gasteiger partial charge in [0.1, 0.15) is 17.2 Å². The van der Waals surface area contributed by atoms with E-state index in [0.717, 1.165) is 59.8 Å². The molecule has 3 fully saturated rings. The highest BCUT2D eigenvalue weighted by molar-refractivity contribution is 5.74. The minimum Gasteiger partial charge on any atom is -0.480 e. The van der Waals surface area contributed by atoms with Crippen LogP contribution < -0.4 is 4.74 Å². The quantitative estimate of drug-likeness (QED) is 0.457. The molecule has 2 amide bonds. The van der Waals surface area contributed by atoms with Crippen molar-refractivity contribution in [1.29, 1.82) is 0 Å². The summed E-state index contributed by atoms with van der Waals surface area (Å²) in [7, 11) is 0. The zero-order valence-electron chi connectivity index (χ0n) is 25.3. The zero-order valence-corrected chi connectivity index (χ0v) is 25.3. The normalized spacial score (nSPS) is 22.9. The summed E-state index contributed by atoms with van der Waals surface area (Å²) in [6, 6.07) is 6.28. The van der Waals surface area contributed by atoms with Crippen molar-refractivity contribution in [3.05, 3.63) is 35.3 Å². The van der Waals surface area contributed by atoms with Crippen molar-refractivity contribution in [2.75, 3.05) is 26.2 Å². The molecule has 41 heavy (non-hydrogen) atoms. The molecule has 1 unspecified atom stereocenters. The van der Waals surface area contributed by atoms with Crippen molar-refractivity contribution in [3.8, 4) is 17.0 Å². The van der Waals surface area contributed by atoms with E-state index >= 15 is 0 Å². The Morgan fingerprint density at radius 2 is 1.83 bits per heavy atom. The van der Waals surface area contributed by atoms with Crippen LogP contribution in [0.2, 0.25) is 0 Å². The van der Waals surface area contributed by atoms with Crippen molar-refractivity contribution in [2.45, 2.75) is 103 Å². The van der Waals surface area contributed by atoms with Crippen molar-refractivity contribution in [1.82, 2.24) is 19.8 Å². The molecule has 6 rings (SSSR count). The first kappa shape index (κ1) is 27.9. The molecule has 1 aromatic heterocycles. The van der Waals surface area contributed by atoms with Gasteiger partial charge in [-0.25, -0.2) is 14.6 Å². The first-order chi connectivity index (χ1) is 19.3. The van der Waals surface area contributed by atoms with E-state index in [0.29, 0.717) is 45.0 Å². The summed E-state index contributed by atoms with van der Waals surface area (Å²) >= 11 is 0. The molecule has 1 N–H and O–H groups in total. The van der Waals surface area contributed by atoms with E-state index in [-0.39, 0.29) is 23.6 Å². The fourth-order valence-corrected chi connectivity index (χ4v) is 6.54. The number of carbonyl (C=O) groups is 2. The number of aromatic nitrogens is 2. The number of nitrogens with zero attached hydrogens (tertiary/aromatic N) is 3. The molecule has 1 spiro atoms. The highest BCUT2D eigenvalue weighted by Gasteiger charge is 2.48. The van der Waals surface area contributed by atoms with Gasteiger partial charge in [-0.3, -0.25) is 0 Å². The van der Waals surface area contributed by atoms with E-state index < -0.39 is 11.2 Å². The Bertz CT molecular complexity index is 1330. The first-order valence-electron chi connectivity index (χ1n) is 15.2. The van der Waals surface area contributed by atoms with Gasteiger partial charge >= 0.3 is 12.2 Å². The van der Waals surface area contributed by atoms with Gasteiger partial charge in [0.25, 0.3) is 0 Å². The Morgan fingerprint density at radius 3 is 2.49 bits per heavy atom. The predicted molar refractivity (Wildman–Crippen MR) is 155 cm³/mol. The lowest BCUT2D eigenvalue weighted by Gasteiger charge is -2.45. The lowest BCUT2D eigenvalue weighted by atomic mass is 9.82. The smallest absolute Gasteiger partial charge is 0.410 e. The van der Waals surface area contributed by atoms with E-state index in [9.17, 15) is 9.59 Å². The molecular weight excluding hydrogens is 520 g/mol. The molecule has 4 aliphatic rings. The monoisotopic (exact) mass is 564 g/mol. The number of benzene rings is 1. The minimum atomic E-state index is -0.582. The summed E-state index contributed by atoms with van der Waals surface area (Å²) < 4.78 is 18.1. The minimum absolute atomic E-state index is 0.165. The molecule has 9 heteroatoms. The van der Waals surface area contributed by atoms with Gasteiger partial charge in [0.05, 0.1) is 18.0 Å². The summed E-state index contributed by atoms with van der Waals surface area (Å²) in [4.78, 5) is 38.3. The maximum Gasteiger partial charge on any atom is 0.410 e. The van der Waals surface area contributed by atoms with Gasteiger partial charge in [-0.1, -0.05) is 6.07 Å². The third kappa shape index (κ3) is 5.52. The number of hydrogen-bond donors (Lipinski definition) is 1. The van der Waals surface area contributed by atoms with Gasteiger partial charge in [0.2, 0.25) is 0 Å². The molecule has 3 aliphatic heterocycles. The number of ether oxygens (including phenoxy) is 3. The van der Waals surface area contributed by atoms with Crippen molar-refractivity contribution >= 4 is 12.2 Å². The zero-order chi connectivity index (χ0) is 29.2. The fraction of sp³-hybridized carbons (Fsp3) is 0.656. The second-order valence-electron chi connectivity index (χ2n) is 14.1. The molecule has 1 atom stereocenters. The highest BCUT2D eigenvalue weighted by Crippen LogP contribution is 2.50. The lowest BCUT2D eigenvalue weighted by molar-refractivity contribution is -0.0101. The average molecular weight is 565 g/mol. The summed E-state index contributed by atoms with van der Waals surface area (Å²) in [5, 5.41) is 0. The van der Waals surface area contributed by atoms with Crippen LogP contribution in [-0.2, 0) is 15.1 Å². The van der Waals surface area contributed by atoms with Gasteiger partial charge in [0.15, 0.2) is 5.60 Å². The van der Waals surface area contributed by atoms with Gasteiger partial charge in [-0.2, -0.15) is 0 Å². The number of carbonyl (C=O) groups excluding carboxylic acids is 2. The van der Waals surface area contributed by atoms with E-state index in [4.69, 9.17) is 19.2 Å². The van der Waals surface area contributed by atoms with Crippen LogP contribution in [0.4, 0.5) is 9.59 Å². The molecular formula is C32H44N4O5. The van der Waals surface area contributed by atoms with Crippen LogP contribution in [-0.4, -0.2) is 69.3 Å². The van der Waals surface area contributed by atoms with Crippen LogP contribution in [0.5, 0.6) is 5.75 Å². The van der Waals surface area contributed by atoms with Gasteiger partial charge in [-0.05, 0) is 90.8 Å². The third-order valence-electron chi connectivity index (χ3n) is 9.02. The fourth-order valence-electron chi connectivity index (χ4n) is 6.54. The number of fused-ring (bicyclic) bond motifs is 4. The molecule has 1 aliphatic carbocycles. The number of likely N-dealkylation sites (tertiary alicyclic amines) is 2. The van der Waals surface area contributed by atoms with Crippen LogP contribution >= 0.6 is 0 Å². The van der Waals surface area contributed by atoms with Crippen LogP contribution in [0.1, 0.15) is 96.1 Å². The molecule has 2 aromatic rings. The Hall–Kier alpha value is -3.23. The standard InChI is InChI=1S/C32H44N4O5/c1-20-7-10-23-24(17-20)40-32(12-15-35(16-13-32)28(37)39-19-21-8-9-21)26-25(23)33-27(34-26)22-11-14-36(31(5,6)18-22)29(38)41-30(2,3)4/h7,10,17,21-22H,8-9,11-16,18-19H2,1-6H3,(H,33,34). The van der Waals surface area contributed by atoms with Gasteiger partial charge < -0.3 is 29.0 Å². The molecule has 4 heterocycles. The molecule has 222 valence electrons. The summed E-state index contributed by atoms with van der Waals surface area (Å²) in [5.41, 5.74) is 2.58. The Labute approximate surface area is 242 Å². The van der Waals surface area contributed by atoms with Gasteiger partial charge in [-0.15, -0.1) is 0 Å². The number of H-pyrrole nitrogens is 1. The molecule has 9 nitrogen and oxygen atoms in total. The van der Waals surface area contributed by atoms with E-state index in [1.807, 2.05) is 30.6 Å². The Kier molecular flexibility index (Phi) is 6.77. The Morgan fingerprint density at radius 1 is 1.10 bits per heavy atom. The molecule has 0 bridgehead atoms. The number of nitrogens with one attached hydrogen (secondary N) is 1. The number of amides is 2. The van der Waals surface area contributed by atoms with Crippen molar-refractivity contribution < 1.29 is 23.8 Å². The van der Waals surface area contributed by atoms with Crippen LogP contribution in [0.15, 0.2) is 18.2 Å². The van der Waals surface area contributed by atoms with Crippen LogP contribution in [0.3, 0.4) is 0 Å². The van der Waals surface area contributed by atoms with Crippen LogP contribution in [0, 0.1) is 12.8 Å². The van der Waals surface area contributed by atoms with Gasteiger partial charge in [0, 0.05) is 49.5 Å². The topological polar surface area (TPSA) is 97.0 Å². The van der Waals surface area contributed by atoms with E-state index in [2.05, 4.69) is 44.0 Å². The summed E-state index contributed by atoms with van der Waals surface area (Å²) in [5.74, 6) is 2.50. The number of imidazole rings is 1. The Balaban J connectivity index is 1.25. The maximum absolute atomic E-state index is 13.0. The number of hydrogen-bond acceptors (Lipinski definition) is 6. The summed E-state index contributed by atoms with van der Waals surface area (Å²) in [6.45, 7) is 14.2. The van der Waals surface area contributed by atoms with Crippen molar-refractivity contribution in [3.63, 3.8) is 0 Å². The van der Waals surface area contributed by atoms with E-state index in [1.54, 1.807) is 0 Å². The number of piperidine rings is 2. The largest absolute Gasteiger partial charge is 0.480 e. The molecule has 2 saturated heterocycles. The summed E-state index contributed by atoms with van der Waals surface area (Å²) in [6.07, 6.45) is 4.72. The third-order valence-corrected chi connectivity index (χ3v) is 9.02. The number of aromatic amines is 1. The second-order valence-corrected chi connectivity index (χ2v) is 14.1. The first-order valence-corrected chi connectivity index (χ1v) is 15.2. The van der Waals surface area contributed by atoms with E-state index in [1.165, 1.54) is 0 Å². The molecule has 0 radical (unpaired) electrons. The number of aryl methyl sites for hydroxylation is 1. The number of rotatable bonds is 3. The SMILES string of the molecule is Cc1ccc2c(c1)OC1(CCN(C(=O)OCC3CC3)CC1)c1[nH]c(C3CCN(C(=O)OC(C)(C)C)C(C)(C)C3)nc1-2. The van der Waals surface area contributed by atoms with Crippen molar-refractivity contribution in [2.24, 2.45) is 5.92 Å². The molecule has 1 saturated carbocycles. The lowest BCUT2D eigenvalue weighted by Crippen LogP contribution is -2.53. The second kappa shape index (κ2) is 9.95. The average Bonchev–Trinajstić information content (AvgIpc) is 3.61. The predicted octanol–water partition coefficient (Wildman–Crippen LogP) is 6.51. The maximum atomic E-state index is 13.0. The highest BCUT2D eigenvalue weighted by atomic mass is 16.6. The van der Waals surface area contributed by atoms with Crippen LogP contribution in [0.25, 0.3) is 11.3 Å². The molecule has 1 aromatic carbocycles.